The molecule has 0 unspecified atom stereocenters. The van der Waals surface area contributed by atoms with Gasteiger partial charge >= 0.3 is 22.8 Å². The van der Waals surface area contributed by atoms with Crippen molar-refractivity contribution in [2.24, 2.45) is 5.41 Å². The van der Waals surface area contributed by atoms with Gasteiger partial charge in [0.1, 0.15) is 0 Å². The average molecular weight is 409 g/mol. The Morgan fingerprint density at radius 1 is 1.26 bits per heavy atom. The summed E-state index contributed by atoms with van der Waals surface area (Å²) in [5, 5.41) is 19.8. The van der Waals surface area contributed by atoms with Crippen molar-refractivity contribution in [1.82, 2.24) is 4.98 Å². The summed E-state index contributed by atoms with van der Waals surface area (Å²) >= 11 is 2.01. The van der Waals surface area contributed by atoms with Gasteiger partial charge < -0.3 is 19.9 Å². The van der Waals surface area contributed by atoms with Crippen molar-refractivity contribution in [3.63, 3.8) is 0 Å². The predicted molar refractivity (Wildman–Crippen MR) is 97.6 cm³/mol. The summed E-state index contributed by atoms with van der Waals surface area (Å²) < 4.78 is 4.65. The number of aromatic amines is 1. The topological polar surface area (TPSA) is 134 Å². The first-order chi connectivity index (χ1) is 12.8. The first-order valence-electron chi connectivity index (χ1n) is 7.78. The lowest BCUT2D eigenvalue weighted by molar-refractivity contribution is -0.155. The molecule has 3 rings (SSSR count). The highest BCUT2D eigenvalue weighted by Gasteiger charge is 2.53. The van der Waals surface area contributed by atoms with E-state index in [2.05, 4.69) is 9.72 Å². The number of H-pyrrole nitrogens is 1. The minimum Gasteiger partial charge on any atom is -0.481 e. The fraction of sp³-hybridized carbons (Fsp3) is 0.294. The second kappa shape index (κ2) is 7.20. The van der Waals surface area contributed by atoms with Crippen LogP contribution >= 0.6 is 23.1 Å². The number of carboxylic acid groups (broad SMARTS) is 2. The predicted octanol–water partition coefficient (Wildman–Crippen LogP) is 2.01. The molecule has 2 atom stereocenters. The molecule has 0 radical (unpaired) electrons. The molecule has 0 saturated heterocycles. The van der Waals surface area contributed by atoms with Crippen molar-refractivity contribution < 1.29 is 29.3 Å². The number of hydrogen-bond donors (Lipinski definition) is 3. The molecule has 142 valence electrons. The van der Waals surface area contributed by atoms with Crippen molar-refractivity contribution in [1.29, 1.82) is 0 Å². The molecule has 1 aromatic heterocycles. The molecule has 3 N–H and O–H groups in total. The smallest absolute Gasteiger partial charge is 0.337 e. The largest absolute Gasteiger partial charge is 0.481 e. The summed E-state index contributed by atoms with van der Waals surface area (Å²) in [6.07, 6.45) is -0.593. The maximum Gasteiger partial charge on any atom is 0.337 e. The van der Waals surface area contributed by atoms with Gasteiger partial charge in [-0.25, -0.2) is 4.79 Å². The normalized spacial score (nSPS) is 21.3. The SMILES string of the molecule is COC(=O)c1ccc([C@H]2c3sc(=O)[nH]c3SC[C@@]2(CC(=O)O)C(=O)O)cc1. The van der Waals surface area contributed by atoms with E-state index in [0.29, 0.717) is 15.5 Å². The zero-order valence-corrected chi connectivity index (χ0v) is 15.7. The number of benzene rings is 1. The van der Waals surface area contributed by atoms with E-state index in [1.807, 2.05) is 0 Å². The third-order valence-corrected chi connectivity index (χ3v) is 6.84. The van der Waals surface area contributed by atoms with Gasteiger partial charge in [0.15, 0.2) is 0 Å². The number of carbonyl (C=O) groups excluding carboxylic acids is 1. The Bertz CT molecular complexity index is 962. The Hall–Kier alpha value is -2.59. The number of aliphatic carboxylic acids is 2. The second-order valence-electron chi connectivity index (χ2n) is 6.07. The van der Waals surface area contributed by atoms with Crippen LogP contribution in [0.25, 0.3) is 0 Å². The van der Waals surface area contributed by atoms with Gasteiger partial charge in [-0.1, -0.05) is 23.5 Å². The summed E-state index contributed by atoms with van der Waals surface area (Å²) in [7, 11) is 1.25. The molecule has 8 nitrogen and oxygen atoms in total. The summed E-state index contributed by atoms with van der Waals surface area (Å²) in [5.41, 5.74) is -0.822. The minimum atomic E-state index is -1.62. The van der Waals surface area contributed by atoms with Crippen LogP contribution in [0.15, 0.2) is 34.1 Å². The van der Waals surface area contributed by atoms with E-state index in [0.717, 1.165) is 23.1 Å². The maximum absolute atomic E-state index is 12.2. The molecule has 10 heteroatoms. The molecule has 0 fully saturated rings. The second-order valence-corrected chi connectivity index (χ2v) is 8.08. The van der Waals surface area contributed by atoms with Crippen molar-refractivity contribution in [2.45, 2.75) is 17.4 Å². The Labute approximate surface area is 161 Å². The summed E-state index contributed by atoms with van der Waals surface area (Å²) in [4.78, 5) is 50.0. The quantitative estimate of drug-likeness (QED) is 0.639. The van der Waals surface area contributed by atoms with E-state index < -0.39 is 35.7 Å². The number of thioether (sulfide) groups is 1. The number of carbonyl (C=O) groups is 3. The highest BCUT2D eigenvalue weighted by Crippen LogP contribution is 2.54. The van der Waals surface area contributed by atoms with Crippen molar-refractivity contribution in [2.75, 3.05) is 12.9 Å². The van der Waals surface area contributed by atoms with E-state index >= 15 is 0 Å². The lowest BCUT2D eigenvalue weighted by atomic mass is 9.70. The fourth-order valence-electron chi connectivity index (χ4n) is 3.24. The van der Waals surface area contributed by atoms with Crippen LogP contribution < -0.4 is 4.87 Å². The van der Waals surface area contributed by atoms with Crippen LogP contribution in [0.3, 0.4) is 0 Å². The number of nitrogens with one attached hydrogen (secondary N) is 1. The van der Waals surface area contributed by atoms with Crippen molar-refractivity contribution >= 4 is 41.0 Å². The Morgan fingerprint density at radius 2 is 1.93 bits per heavy atom. The van der Waals surface area contributed by atoms with Gasteiger partial charge in [0, 0.05) is 16.5 Å². The Morgan fingerprint density at radius 3 is 2.48 bits per heavy atom. The van der Waals surface area contributed by atoms with E-state index in [4.69, 9.17) is 0 Å². The van der Waals surface area contributed by atoms with E-state index in [1.165, 1.54) is 19.2 Å². The molecular weight excluding hydrogens is 394 g/mol. The third-order valence-electron chi connectivity index (χ3n) is 4.49. The molecule has 0 amide bonds. The molecule has 0 saturated carbocycles. The number of methoxy groups -OCH3 is 1. The molecule has 1 aliphatic heterocycles. The molecule has 27 heavy (non-hydrogen) atoms. The zero-order chi connectivity index (χ0) is 19.8. The number of ether oxygens (including phenoxy) is 1. The first-order valence-corrected chi connectivity index (χ1v) is 9.58. The van der Waals surface area contributed by atoms with Crippen LogP contribution in [-0.4, -0.2) is 46.0 Å². The average Bonchev–Trinajstić information content (AvgIpc) is 3.00. The molecule has 2 aromatic rings. The molecular formula is C17H15NO7S2. The summed E-state index contributed by atoms with van der Waals surface area (Å²) in [5.74, 6) is -3.86. The lowest BCUT2D eigenvalue weighted by Crippen LogP contribution is -2.44. The van der Waals surface area contributed by atoms with Crippen molar-refractivity contribution in [3.8, 4) is 0 Å². The van der Waals surface area contributed by atoms with E-state index in [1.54, 1.807) is 12.1 Å². The molecule has 1 aromatic carbocycles. The van der Waals surface area contributed by atoms with Gasteiger partial charge in [0.2, 0.25) is 0 Å². The maximum atomic E-state index is 12.2. The van der Waals surface area contributed by atoms with Crippen LogP contribution in [0.4, 0.5) is 0 Å². The number of rotatable bonds is 5. The van der Waals surface area contributed by atoms with Crippen LogP contribution in [0.2, 0.25) is 0 Å². The van der Waals surface area contributed by atoms with Crippen LogP contribution in [0.1, 0.15) is 33.1 Å². The van der Waals surface area contributed by atoms with Gasteiger partial charge in [-0.3, -0.25) is 14.4 Å². The molecule has 1 aliphatic rings. The Balaban J connectivity index is 2.18. The Kier molecular flexibility index (Phi) is 5.11. The standard InChI is InChI=1S/C17H15NO7S2/c1-25-14(21)9-4-2-8(3-5-9)11-12-13(18-16(24)27-12)26-7-17(11,15(22)23)6-10(19)20/h2-5,11H,6-7H2,1H3,(H,18,24)(H,19,20)(H,22,23)/t11-,17+/m0/s1. The third kappa shape index (κ3) is 3.37. The molecule has 0 spiro atoms. The van der Waals surface area contributed by atoms with E-state index in [-0.39, 0.29) is 16.2 Å². The highest BCUT2D eigenvalue weighted by atomic mass is 32.2. The number of esters is 1. The number of thiazole rings is 1. The summed E-state index contributed by atoms with van der Waals surface area (Å²) in [6, 6.07) is 6.12. The number of fused-ring (bicyclic) bond motifs is 1. The van der Waals surface area contributed by atoms with Crippen LogP contribution in [0, 0.1) is 5.41 Å². The minimum absolute atomic E-state index is 0.00226. The number of hydrogen-bond acceptors (Lipinski definition) is 7. The molecule has 2 heterocycles. The van der Waals surface area contributed by atoms with Gasteiger partial charge in [-0.05, 0) is 17.7 Å². The van der Waals surface area contributed by atoms with Gasteiger partial charge in [0.25, 0.3) is 0 Å². The van der Waals surface area contributed by atoms with Gasteiger partial charge in [-0.2, -0.15) is 0 Å². The lowest BCUT2D eigenvalue weighted by Gasteiger charge is -2.39. The van der Waals surface area contributed by atoms with Crippen LogP contribution in [0.5, 0.6) is 0 Å². The van der Waals surface area contributed by atoms with Crippen LogP contribution in [-0.2, 0) is 14.3 Å². The number of aromatic nitrogens is 1. The highest BCUT2D eigenvalue weighted by molar-refractivity contribution is 7.99. The zero-order valence-electron chi connectivity index (χ0n) is 14.1. The number of carboxylic acids is 2. The molecule has 0 bridgehead atoms. The fourth-order valence-corrected chi connectivity index (χ4v) is 5.80. The summed E-state index contributed by atoms with van der Waals surface area (Å²) in [6.45, 7) is 0. The van der Waals surface area contributed by atoms with Gasteiger partial charge in [-0.15, -0.1) is 11.8 Å². The van der Waals surface area contributed by atoms with Crippen molar-refractivity contribution in [3.05, 3.63) is 49.9 Å². The van der Waals surface area contributed by atoms with Gasteiger partial charge in [0.05, 0.1) is 29.5 Å². The molecule has 0 aliphatic carbocycles. The van der Waals surface area contributed by atoms with E-state index in [9.17, 15) is 29.4 Å². The first kappa shape index (κ1) is 19.2. The monoisotopic (exact) mass is 409 g/mol.